The molecule has 0 aromatic carbocycles. The molecule has 0 aromatic rings. The van der Waals surface area contributed by atoms with Crippen molar-refractivity contribution in [1.29, 1.82) is 0 Å². The van der Waals surface area contributed by atoms with Crippen molar-refractivity contribution in [3.05, 3.63) is 0 Å². The molecule has 1 saturated carbocycles. The molecule has 0 aromatic heterocycles. The molecule has 0 spiro atoms. The summed E-state index contributed by atoms with van der Waals surface area (Å²) in [4.78, 5) is 25.6. The molecule has 1 unspecified atom stereocenters. The fraction of sp³-hybridized carbons (Fsp3) is 0.867. The largest absolute Gasteiger partial charge is 0.481 e. The molecule has 2 aliphatic rings. The number of aliphatic carboxylic acids is 1. The number of hydrogen-bond acceptors (Lipinski definition) is 2. The SMILES string of the molecule is CCC1CCCN1C(=O)CC1(CC(=O)O)CCCC1. The number of hydrogen-bond donors (Lipinski definition) is 1. The van der Waals surface area contributed by atoms with Crippen molar-refractivity contribution in [2.24, 2.45) is 5.41 Å². The van der Waals surface area contributed by atoms with Crippen molar-refractivity contribution < 1.29 is 14.7 Å². The van der Waals surface area contributed by atoms with Gasteiger partial charge >= 0.3 is 5.97 Å². The third-order valence-corrected chi connectivity index (χ3v) is 4.89. The number of carbonyl (C=O) groups is 2. The summed E-state index contributed by atoms with van der Waals surface area (Å²) < 4.78 is 0. The van der Waals surface area contributed by atoms with Crippen LogP contribution < -0.4 is 0 Å². The number of nitrogens with zero attached hydrogens (tertiary/aromatic N) is 1. The predicted octanol–water partition coefficient (Wildman–Crippen LogP) is 2.81. The van der Waals surface area contributed by atoms with Crippen LogP contribution in [0.25, 0.3) is 0 Å². The highest BCUT2D eigenvalue weighted by Gasteiger charge is 2.40. The highest BCUT2D eigenvalue weighted by atomic mass is 16.4. The van der Waals surface area contributed by atoms with Gasteiger partial charge in [-0.25, -0.2) is 0 Å². The van der Waals surface area contributed by atoms with Crippen molar-refractivity contribution in [1.82, 2.24) is 4.90 Å². The highest BCUT2D eigenvalue weighted by Crippen LogP contribution is 2.44. The lowest BCUT2D eigenvalue weighted by Gasteiger charge is -2.31. The fourth-order valence-corrected chi connectivity index (χ4v) is 3.87. The Morgan fingerprint density at radius 3 is 2.47 bits per heavy atom. The van der Waals surface area contributed by atoms with Crippen LogP contribution in [-0.4, -0.2) is 34.5 Å². The van der Waals surface area contributed by atoms with Crippen LogP contribution >= 0.6 is 0 Å². The quantitative estimate of drug-likeness (QED) is 0.833. The number of amides is 1. The lowest BCUT2D eigenvalue weighted by atomic mass is 9.79. The van der Waals surface area contributed by atoms with Gasteiger partial charge in [0.1, 0.15) is 0 Å². The van der Waals surface area contributed by atoms with E-state index < -0.39 is 5.97 Å². The van der Waals surface area contributed by atoms with Gasteiger partial charge in [0.15, 0.2) is 0 Å². The van der Waals surface area contributed by atoms with Gasteiger partial charge in [0, 0.05) is 19.0 Å². The summed E-state index contributed by atoms with van der Waals surface area (Å²) in [7, 11) is 0. The maximum Gasteiger partial charge on any atom is 0.303 e. The van der Waals surface area contributed by atoms with E-state index in [1.807, 2.05) is 4.90 Å². The molecule has 19 heavy (non-hydrogen) atoms. The Labute approximate surface area is 115 Å². The van der Waals surface area contributed by atoms with E-state index in [1.54, 1.807) is 0 Å². The molecule has 1 saturated heterocycles. The summed E-state index contributed by atoms with van der Waals surface area (Å²) in [6.07, 6.45) is 7.74. The Hall–Kier alpha value is -1.06. The minimum atomic E-state index is -0.761. The minimum absolute atomic E-state index is 0.156. The van der Waals surface area contributed by atoms with Gasteiger partial charge in [0.2, 0.25) is 5.91 Å². The van der Waals surface area contributed by atoms with E-state index in [1.165, 1.54) is 0 Å². The standard InChI is InChI=1S/C15H25NO3/c1-2-12-6-5-9-16(12)13(17)10-15(11-14(18)19)7-3-4-8-15/h12H,2-11H2,1H3,(H,18,19). The van der Waals surface area contributed by atoms with Crippen LogP contribution in [0.3, 0.4) is 0 Å². The zero-order valence-electron chi connectivity index (χ0n) is 11.9. The zero-order valence-corrected chi connectivity index (χ0v) is 11.9. The van der Waals surface area contributed by atoms with Crippen LogP contribution in [0.2, 0.25) is 0 Å². The number of likely N-dealkylation sites (tertiary alicyclic amines) is 1. The van der Waals surface area contributed by atoms with Crippen molar-refractivity contribution >= 4 is 11.9 Å². The average Bonchev–Trinajstić information content (AvgIpc) is 2.96. The fourth-order valence-electron chi connectivity index (χ4n) is 3.87. The van der Waals surface area contributed by atoms with E-state index >= 15 is 0 Å². The van der Waals surface area contributed by atoms with Gasteiger partial charge in [0.05, 0.1) is 6.42 Å². The van der Waals surface area contributed by atoms with Crippen LogP contribution in [0.1, 0.15) is 64.7 Å². The Bertz CT molecular complexity index is 347. The van der Waals surface area contributed by atoms with Gasteiger partial charge in [0.25, 0.3) is 0 Å². The first kappa shape index (κ1) is 14.4. The molecule has 0 bridgehead atoms. The normalized spacial score (nSPS) is 25.7. The molecule has 0 radical (unpaired) electrons. The van der Waals surface area contributed by atoms with Gasteiger partial charge < -0.3 is 10.0 Å². The number of carboxylic acids is 1. The maximum atomic E-state index is 12.5. The van der Waals surface area contributed by atoms with Crippen molar-refractivity contribution in [2.45, 2.75) is 70.8 Å². The summed E-state index contributed by atoms with van der Waals surface area (Å²) in [6, 6.07) is 0.385. The summed E-state index contributed by atoms with van der Waals surface area (Å²) in [5, 5.41) is 9.09. The van der Waals surface area contributed by atoms with Crippen LogP contribution in [-0.2, 0) is 9.59 Å². The van der Waals surface area contributed by atoms with Crippen LogP contribution in [0, 0.1) is 5.41 Å². The molecule has 1 atom stereocenters. The van der Waals surface area contributed by atoms with Gasteiger partial charge in [-0.3, -0.25) is 9.59 Å². The third kappa shape index (κ3) is 3.28. The molecule has 1 N–H and O–H groups in total. The number of rotatable bonds is 5. The smallest absolute Gasteiger partial charge is 0.303 e. The van der Waals surface area contributed by atoms with E-state index in [4.69, 9.17) is 5.11 Å². The summed E-state index contributed by atoms with van der Waals surface area (Å²) in [5.74, 6) is -0.573. The molecular formula is C15H25NO3. The molecule has 4 heteroatoms. The van der Waals surface area contributed by atoms with Crippen molar-refractivity contribution in [3.63, 3.8) is 0 Å². The van der Waals surface area contributed by atoms with Gasteiger partial charge in [-0.05, 0) is 37.5 Å². The summed E-state index contributed by atoms with van der Waals surface area (Å²) in [5.41, 5.74) is -0.260. The minimum Gasteiger partial charge on any atom is -0.481 e. The van der Waals surface area contributed by atoms with Gasteiger partial charge in [-0.15, -0.1) is 0 Å². The van der Waals surface area contributed by atoms with Crippen LogP contribution in [0.15, 0.2) is 0 Å². The van der Waals surface area contributed by atoms with E-state index in [-0.39, 0.29) is 17.7 Å². The Kier molecular flexibility index (Phi) is 4.48. The molecule has 1 heterocycles. The second-order valence-corrected chi connectivity index (χ2v) is 6.25. The maximum absolute atomic E-state index is 12.5. The summed E-state index contributed by atoms with van der Waals surface area (Å²) >= 11 is 0. The third-order valence-electron chi connectivity index (χ3n) is 4.89. The molecule has 1 amide bonds. The first-order chi connectivity index (χ1) is 9.06. The monoisotopic (exact) mass is 267 g/mol. The van der Waals surface area contributed by atoms with Crippen LogP contribution in [0.4, 0.5) is 0 Å². The second kappa shape index (κ2) is 5.93. The lowest BCUT2D eigenvalue weighted by molar-refractivity contribution is -0.141. The van der Waals surface area contributed by atoms with Gasteiger partial charge in [-0.2, -0.15) is 0 Å². The Morgan fingerprint density at radius 2 is 1.89 bits per heavy atom. The lowest BCUT2D eigenvalue weighted by Crippen LogP contribution is -2.38. The summed E-state index contributed by atoms with van der Waals surface area (Å²) in [6.45, 7) is 2.99. The Balaban J connectivity index is 2.01. The molecular weight excluding hydrogens is 242 g/mol. The molecule has 1 aliphatic heterocycles. The molecule has 2 fully saturated rings. The van der Waals surface area contributed by atoms with E-state index in [2.05, 4.69) is 6.92 Å². The molecule has 4 nitrogen and oxygen atoms in total. The highest BCUT2D eigenvalue weighted by molar-refractivity contribution is 5.79. The number of carbonyl (C=O) groups excluding carboxylic acids is 1. The van der Waals surface area contributed by atoms with Crippen molar-refractivity contribution in [3.8, 4) is 0 Å². The predicted molar refractivity (Wildman–Crippen MR) is 72.8 cm³/mol. The first-order valence-electron chi connectivity index (χ1n) is 7.57. The topological polar surface area (TPSA) is 57.6 Å². The second-order valence-electron chi connectivity index (χ2n) is 6.25. The molecule has 1 aliphatic carbocycles. The first-order valence-corrected chi connectivity index (χ1v) is 7.57. The van der Waals surface area contributed by atoms with E-state index in [0.717, 1.165) is 51.5 Å². The van der Waals surface area contributed by atoms with Crippen LogP contribution in [0.5, 0.6) is 0 Å². The van der Waals surface area contributed by atoms with Gasteiger partial charge in [-0.1, -0.05) is 19.8 Å². The average molecular weight is 267 g/mol. The van der Waals surface area contributed by atoms with Crippen molar-refractivity contribution in [2.75, 3.05) is 6.54 Å². The Morgan fingerprint density at radius 1 is 1.21 bits per heavy atom. The van der Waals surface area contributed by atoms with E-state index in [9.17, 15) is 9.59 Å². The zero-order chi connectivity index (χ0) is 13.9. The number of carboxylic acid groups (broad SMARTS) is 1. The van der Waals surface area contributed by atoms with E-state index in [0.29, 0.717) is 12.5 Å². The molecule has 108 valence electrons. The molecule has 2 rings (SSSR count).